The molecule has 78 valence electrons. The van der Waals surface area contributed by atoms with E-state index in [4.69, 9.17) is 0 Å². The number of carbonyl (C=O) groups is 1. The Morgan fingerprint density at radius 2 is 2.13 bits per heavy atom. The summed E-state index contributed by atoms with van der Waals surface area (Å²) in [6, 6.07) is 9.79. The summed E-state index contributed by atoms with van der Waals surface area (Å²) in [5.74, 6) is -0.211. The van der Waals surface area contributed by atoms with Crippen molar-refractivity contribution in [1.29, 1.82) is 0 Å². The number of esters is 1. The third-order valence-electron chi connectivity index (χ3n) is 2.51. The molecule has 1 aromatic carbocycles. The van der Waals surface area contributed by atoms with Crippen LogP contribution < -0.4 is 5.32 Å². The Labute approximate surface area is 88.8 Å². The van der Waals surface area contributed by atoms with Gasteiger partial charge in [0.05, 0.1) is 7.11 Å². The van der Waals surface area contributed by atoms with E-state index in [1.165, 1.54) is 7.11 Å². The van der Waals surface area contributed by atoms with Gasteiger partial charge in [-0.3, -0.25) is 0 Å². The lowest BCUT2D eigenvalue weighted by molar-refractivity contribution is -0.142. The van der Waals surface area contributed by atoms with E-state index in [1.54, 1.807) is 0 Å². The highest BCUT2D eigenvalue weighted by molar-refractivity contribution is 5.82. The monoisotopic (exact) mass is 203 g/mol. The van der Waals surface area contributed by atoms with Gasteiger partial charge in [0, 0.05) is 12.6 Å². The van der Waals surface area contributed by atoms with Crippen molar-refractivity contribution < 1.29 is 9.53 Å². The van der Waals surface area contributed by atoms with E-state index in [9.17, 15) is 4.79 Å². The molecule has 0 aromatic heterocycles. The minimum atomic E-state index is -0.231. The van der Waals surface area contributed by atoms with E-state index < -0.39 is 0 Å². The average Bonchev–Trinajstić information content (AvgIpc) is 2.78. The minimum Gasteiger partial charge on any atom is -0.467 e. The summed E-state index contributed by atoms with van der Waals surface area (Å²) in [6.07, 6.45) is 2.58. The molecule has 1 unspecified atom stereocenters. The first kappa shape index (κ1) is 9.77. The first-order valence-electron chi connectivity index (χ1n) is 4.89. The van der Waals surface area contributed by atoms with Gasteiger partial charge in [-0.1, -0.05) is 30.3 Å². The number of benzene rings is 1. The molecule has 0 saturated carbocycles. The molecule has 1 N–H and O–H groups in total. The third kappa shape index (κ3) is 2.01. The van der Waals surface area contributed by atoms with Crippen molar-refractivity contribution in [3.05, 3.63) is 42.1 Å². The van der Waals surface area contributed by atoms with Gasteiger partial charge in [-0.25, -0.2) is 4.79 Å². The van der Waals surface area contributed by atoms with Crippen LogP contribution in [-0.2, 0) is 9.53 Å². The normalized spacial score (nSPS) is 19.3. The van der Waals surface area contributed by atoms with E-state index in [-0.39, 0.29) is 12.0 Å². The van der Waals surface area contributed by atoms with Crippen LogP contribution in [-0.4, -0.2) is 19.1 Å². The van der Waals surface area contributed by atoms with Crippen LogP contribution >= 0.6 is 0 Å². The molecule has 0 fully saturated rings. The van der Waals surface area contributed by atoms with Gasteiger partial charge in [0.2, 0.25) is 0 Å². The van der Waals surface area contributed by atoms with E-state index in [2.05, 4.69) is 10.1 Å². The van der Waals surface area contributed by atoms with Crippen LogP contribution in [0.2, 0.25) is 0 Å². The predicted molar refractivity (Wildman–Crippen MR) is 58.0 cm³/mol. The van der Waals surface area contributed by atoms with Gasteiger partial charge in [-0.15, -0.1) is 0 Å². The highest BCUT2D eigenvalue weighted by Crippen LogP contribution is 2.23. The second-order valence-corrected chi connectivity index (χ2v) is 3.48. The van der Waals surface area contributed by atoms with Crippen LogP contribution in [0.3, 0.4) is 0 Å². The summed E-state index contributed by atoms with van der Waals surface area (Å²) in [5, 5.41) is 3.02. The van der Waals surface area contributed by atoms with Gasteiger partial charge in [-0.05, 0) is 11.1 Å². The summed E-state index contributed by atoms with van der Waals surface area (Å²) in [5.41, 5.74) is 2.29. The molecule has 2 rings (SSSR count). The third-order valence-corrected chi connectivity index (χ3v) is 2.51. The first-order chi connectivity index (χ1) is 7.31. The van der Waals surface area contributed by atoms with Crippen molar-refractivity contribution in [1.82, 2.24) is 5.32 Å². The van der Waals surface area contributed by atoms with Gasteiger partial charge >= 0.3 is 5.97 Å². The molecule has 0 amide bonds. The number of hydrogen-bond donors (Lipinski definition) is 1. The fraction of sp³-hybridized carbons (Fsp3) is 0.250. The molecule has 3 nitrogen and oxygen atoms in total. The van der Waals surface area contributed by atoms with Crippen LogP contribution in [0.25, 0.3) is 5.57 Å². The fourth-order valence-corrected chi connectivity index (χ4v) is 1.69. The maximum atomic E-state index is 11.3. The summed E-state index contributed by atoms with van der Waals surface area (Å²) < 4.78 is 4.68. The predicted octanol–water partition coefficient (Wildman–Crippen LogP) is 1.56. The van der Waals surface area contributed by atoms with Gasteiger partial charge < -0.3 is 10.1 Å². The Kier molecular flexibility index (Phi) is 2.72. The highest BCUT2D eigenvalue weighted by Gasteiger charge is 2.24. The number of ether oxygens (including phenoxy) is 1. The van der Waals surface area contributed by atoms with Crippen LogP contribution in [0.4, 0.5) is 0 Å². The Bertz CT molecular complexity index is 384. The number of rotatable bonds is 2. The lowest BCUT2D eigenvalue weighted by Gasteiger charge is -2.07. The van der Waals surface area contributed by atoms with E-state index in [1.807, 2.05) is 36.5 Å². The van der Waals surface area contributed by atoms with Crippen LogP contribution in [0.5, 0.6) is 0 Å². The molecule has 1 heterocycles. The maximum Gasteiger partial charge on any atom is 0.328 e. The summed E-state index contributed by atoms with van der Waals surface area (Å²) >= 11 is 0. The molecular formula is C12H13NO2. The Balaban J connectivity index is 2.07. The largest absolute Gasteiger partial charge is 0.467 e. The summed E-state index contributed by atoms with van der Waals surface area (Å²) in [7, 11) is 1.41. The van der Waals surface area contributed by atoms with Crippen LogP contribution in [0.15, 0.2) is 36.5 Å². The number of nitrogens with one attached hydrogen (secondary N) is 1. The van der Waals surface area contributed by atoms with Gasteiger partial charge in [-0.2, -0.15) is 0 Å². The molecule has 1 aliphatic rings. The van der Waals surface area contributed by atoms with Crippen LogP contribution in [0, 0.1) is 0 Å². The van der Waals surface area contributed by atoms with Crippen molar-refractivity contribution in [2.75, 3.05) is 7.11 Å². The van der Waals surface area contributed by atoms with Crippen molar-refractivity contribution in [3.8, 4) is 0 Å². The van der Waals surface area contributed by atoms with Crippen molar-refractivity contribution in [2.45, 2.75) is 12.5 Å². The molecular weight excluding hydrogens is 190 g/mol. The molecule has 3 heteroatoms. The lowest BCUT2D eigenvalue weighted by atomic mass is 10.0. The number of hydrogen-bond acceptors (Lipinski definition) is 3. The smallest absolute Gasteiger partial charge is 0.328 e. The van der Waals surface area contributed by atoms with E-state index >= 15 is 0 Å². The maximum absolute atomic E-state index is 11.3. The summed E-state index contributed by atoms with van der Waals surface area (Å²) in [4.78, 5) is 11.3. The van der Waals surface area contributed by atoms with E-state index in [0.717, 1.165) is 11.1 Å². The molecule has 1 aliphatic heterocycles. The molecule has 0 saturated heterocycles. The molecule has 0 bridgehead atoms. The number of carbonyl (C=O) groups excluding carboxylic acids is 1. The summed E-state index contributed by atoms with van der Waals surface area (Å²) in [6.45, 7) is 0. The molecule has 1 atom stereocenters. The van der Waals surface area contributed by atoms with Gasteiger partial charge in [0.25, 0.3) is 0 Å². The zero-order chi connectivity index (χ0) is 10.7. The van der Waals surface area contributed by atoms with Crippen LogP contribution in [0.1, 0.15) is 12.0 Å². The molecule has 1 aromatic rings. The van der Waals surface area contributed by atoms with E-state index in [0.29, 0.717) is 6.42 Å². The van der Waals surface area contributed by atoms with Crippen molar-refractivity contribution >= 4 is 11.5 Å². The molecule has 0 radical (unpaired) electrons. The second kappa shape index (κ2) is 4.17. The van der Waals surface area contributed by atoms with Crippen molar-refractivity contribution in [3.63, 3.8) is 0 Å². The highest BCUT2D eigenvalue weighted by atomic mass is 16.5. The zero-order valence-electron chi connectivity index (χ0n) is 8.57. The van der Waals surface area contributed by atoms with Crippen molar-refractivity contribution in [2.24, 2.45) is 0 Å². The zero-order valence-corrected chi connectivity index (χ0v) is 8.57. The second-order valence-electron chi connectivity index (χ2n) is 3.48. The first-order valence-corrected chi connectivity index (χ1v) is 4.89. The van der Waals surface area contributed by atoms with Gasteiger partial charge in [0.15, 0.2) is 0 Å². The SMILES string of the molecule is COC(=O)C1CC(c2ccccc2)=CN1. The minimum absolute atomic E-state index is 0.211. The lowest BCUT2D eigenvalue weighted by Crippen LogP contribution is -2.30. The van der Waals surface area contributed by atoms with Gasteiger partial charge in [0.1, 0.15) is 6.04 Å². The Morgan fingerprint density at radius 1 is 1.40 bits per heavy atom. The Hall–Kier alpha value is -1.77. The molecule has 15 heavy (non-hydrogen) atoms. The number of methoxy groups -OCH3 is 1. The molecule has 0 aliphatic carbocycles. The fourth-order valence-electron chi connectivity index (χ4n) is 1.69. The molecule has 0 spiro atoms. The topological polar surface area (TPSA) is 38.3 Å². The quantitative estimate of drug-likeness (QED) is 0.741. The average molecular weight is 203 g/mol. The Morgan fingerprint density at radius 3 is 2.80 bits per heavy atom. The standard InChI is InChI=1S/C12H13NO2/c1-15-12(14)11-7-10(8-13-11)9-5-3-2-4-6-9/h2-6,8,11,13H,7H2,1H3.